The highest BCUT2D eigenvalue weighted by Gasteiger charge is 2.19. The molecule has 3 rings (SSSR count). The van der Waals surface area contributed by atoms with E-state index < -0.39 is 12.1 Å². The van der Waals surface area contributed by atoms with Crippen molar-refractivity contribution in [3.63, 3.8) is 0 Å². The Balaban J connectivity index is 1.61. The number of thiophene rings is 1. The lowest BCUT2D eigenvalue weighted by Crippen LogP contribution is -2.35. The second-order valence-electron chi connectivity index (χ2n) is 5.10. The Morgan fingerprint density at radius 3 is 2.75 bits per heavy atom. The number of hydrogen-bond donors (Lipinski definition) is 1. The molecule has 6 nitrogen and oxygen atoms in total. The standard InChI is InChI=1S/C17H15N3O3S/c1-11(16(21)20-10-13-3-2-8-24-13)23-17(22)12-4-5-14-15(9-12)19-7-6-18-14/h2-9,11H,10H2,1H3,(H,20,21)/t11-/m0/s1. The summed E-state index contributed by atoms with van der Waals surface area (Å²) in [6.45, 7) is 1.96. The molecule has 0 saturated heterocycles. The van der Waals surface area contributed by atoms with Gasteiger partial charge in [0.25, 0.3) is 5.91 Å². The van der Waals surface area contributed by atoms with Crippen molar-refractivity contribution in [3.05, 3.63) is 58.5 Å². The van der Waals surface area contributed by atoms with E-state index in [1.807, 2.05) is 17.5 Å². The SMILES string of the molecule is C[C@H](OC(=O)c1ccc2nccnc2c1)C(=O)NCc1cccs1. The largest absolute Gasteiger partial charge is 0.449 e. The molecule has 2 heterocycles. The van der Waals surface area contributed by atoms with Gasteiger partial charge in [-0.1, -0.05) is 6.07 Å². The van der Waals surface area contributed by atoms with Crippen molar-refractivity contribution in [1.82, 2.24) is 15.3 Å². The first kappa shape index (κ1) is 16.1. The Kier molecular flexibility index (Phi) is 4.81. The molecular formula is C17H15N3O3S. The Bertz CT molecular complexity index is 864. The summed E-state index contributed by atoms with van der Waals surface area (Å²) in [4.78, 5) is 33.5. The Hall–Kier alpha value is -2.80. The summed E-state index contributed by atoms with van der Waals surface area (Å²) in [7, 11) is 0. The molecule has 1 atom stereocenters. The molecule has 0 radical (unpaired) electrons. The van der Waals surface area contributed by atoms with Gasteiger partial charge < -0.3 is 10.1 Å². The molecule has 0 spiro atoms. The van der Waals surface area contributed by atoms with Gasteiger partial charge in [0.05, 0.1) is 23.1 Å². The van der Waals surface area contributed by atoms with Crippen LogP contribution >= 0.6 is 11.3 Å². The fourth-order valence-corrected chi connectivity index (χ4v) is 2.75. The molecule has 0 bridgehead atoms. The number of aromatic nitrogens is 2. The van der Waals surface area contributed by atoms with Gasteiger partial charge in [-0.3, -0.25) is 14.8 Å². The van der Waals surface area contributed by atoms with Gasteiger partial charge in [0.15, 0.2) is 6.10 Å². The van der Waals surface area contributed by atoms with Crippen molar-refractivity contribution in [2.45, 2.75) is 19.6 Å². The Labute approximate surface area is 142 Å². The number of esters is 1. The lowest BCUT2D eigenvalue weighted by molar-refractivity contribution is -0.129. The average Bonchev–Trinajstić information content (AvgIpc) is 3.12. The van der Waals surface area contributed by atoms with Crippen molar-refractivity contribution in [1.29, 1.82) is 0 Å². The fraction of sp³-hybridized carbons (Fsp3) is 0.176. The van der Waals surface area contributed by atoms with E-state index in [0.717, 1.165) is 4.88 Å². The van der Waals surface area contributed by atoms with Gasteiger partial charge in [0.1, 0.15) is 0 Å². The van der Waals surface area contributed by atoms with Crippen LogP contribution in [0.5, 0.6) is 0 Å². The summed E-state index contributed by atoms with van der Waals surface area (Å²) in [6, 6.07) is 8.74. The van der Waals surface area contributed by atoms with Crippen molar-refractivity contribution in [2.75, 3.05) is 0 Å². The zero-order valence-electron chi connectivity index (χ0n) is 12.9. The number of carbonyl (C=O) groups excluding carboxylic acids is 2. The molecule has 1 N–H and O–H groups in total. The van der Waals surface area contributed by atoms with E-state index in [2.05, 4.69) is 15.3 Å². The zero-order valence-corrected chi connectivity index (χ0v) is 13.7. The maximum absolute atomic E-state index is 12.2. The molecule has 0 aliphatic carbocycles. The van der Waals surface area contributed by atoms with E-state index in [-0.39, 0.29) is 5.91 Å². The van der Waals surface area contributed by atoms with Crippen molar-refractivity contribution in [2.24, 2.45) is 0 Å². The minimum atomic E-state index is -0.880. The second-order valence-corrected chi connectivity index (χ2v) is 6.14. The van der Waals surface area contributed by atoms with E-state index in [1.54, 1.807) is 48.9 Å². The van der Waals surface area contributed by atoms with Crippen LogP contribution in [0.25, 0.3) is 11.0 Å². The summed E-state index contributed by atoms with van der Waals surface area (Å²) < 4.78 is 5.22. The van der Waals surface area contributed by atoms with E-state index >= 15 is 0 Å². The van der Waals surface area contributed by atoms with Gasteiger partial charge in [-0.15, -0.1) is 11.3 Å². The van der Waals surface area contributed by atoms with E-state index in [9.17, 15) is 9.59 Å². The first-order valence-corrected chi connectivity index (χ1v) is 8.23. The Morgan fingerprint density at radius 1 is 1.21 bits per heavy atom. The summed E-state index contributed by atoms with van der Waals surface area (Å²) in [5.74, 6) is -0.904. The topological polar surface area (TPSA) is 81.2 Å². The first-order chi connectivity index (χ1) is 11.6. The molecule has 0 unspecified atom stereocenters. The van der Waals surface area contributed by atoms with E-state index in [1.165, 1.54) is 0 Å². The lowest BCUT2D eigenvalue weighted by atomic mass is 10.2. The number of rotatable bonds is 5. The monoisotopic (exact) mass is 341 g/mol. The number of benzene rings is 1. The molecule has 0 saturated carbocycles. The van der Waals surface area contributed by atoms with Crippen molar-refractivity contribution >= 4 is 34.2 Å². The predicted octanol–water partition coefficient (Wildman–Crippen LogP) is 2.55. The van der Waals surface area contributed by atoms with Crippen molar-refractivity contribution < 1.29 is 14.3 Å². The molecule has 1 amide bonds. The smallest absolute Gasteiger partial charge is 0.338 e. The van der Waals surface area contributed by atoms with Crippen LogP contribution in [-0.2, 0) is 16.1 Å². The molecule has 24 heavy (non-hydrogen) atoms. The fourth-order valence-electron chi connectivity index (χ4n) is 2.10. The molecule has 2 aromatic heterocycles. The second kappa shape index (κ2) is 7.18. The molecule has 1 aromatic carbocycles. The summed E-state index contributed by atoms with van der Waals surface area (Å²) in [5.41, 5.74) is 1.62. The quantitative estimate of drug-likeness (QED) is 0.721. The number of ether oxygens (including phenoxy) is 1. The van der Waals surface area contributed by atoms with E-state index in [0.29, 0.717) is 23.1 Å². The highest BCUT2D eigenvalue weighted by molar-refractivity contribution is 7.09. The summed E-state index contributed by atoms with van der Waals surface area (Å²) in [6.07, 6.45) is 2.26. The van der Waals surface area contributed by atoms with Crippen LogP contribution in [0.4, 0.5) is 0 Å². The average molecular weight is 341 g/mol. The van der Waals surface area contributed by atoms with Crippen LogP contribution < -0.4 is 5.32 Å². The van der Waals surface area contributed by atoms with Gasteiger partial charge in [-0.05, 0) is 36.6 Å². The number of carbonyl (C=O) groups is 2. The maximum atomic E-state index is 12.2. The maximum Gasteiger partial charge on any atom is 0.338 e. The highest BCUT2D eigenvalue weighted by Crippen LogP contribution is 2.13. The lowest BCUT2D eigenvalue weighted by Gasteiger charge is -2.13. The summed E-state index contributed by atoms with van der Waals surface area (Å²) in [5, 5.41) is 4.68. The normalized spacial score (nSPS) is 11.9. The molecule has 0 fully saturated rings. The number of fused-ring (bicyclic) bond motifs is 1. The van der Waals surface area contributed by atoms with E-state index in [4.69, 9.17) is 4.74 Å². The predicted molar refractivity (Wildman–Crippen MR) is 90.6 cm³/mol. The first-order valence-electron chi connectivity index (χ1n) is 7.35. The number of amides is 1. The molecule has 0 aliphatic heterocycles. The molecule has 122 valence electrons. The van der Waals surface area contributed by atoms with Crippen LogP contribution in [-0.4, -0.2) is 27.9 Å². The minimum absolute atomic E-state index is 0.334. The zero-order chi connectivity index (χ0) is 16.9. The molecule has 0 aliphatic rings. The minimum Gasteiger partial charge on any atom is -0.449 e. The third-order valence-corrected chi connectivity index (χ3v) is 4.25. The number of hydrogen-bond acceptors (Lipinski definition) is 6. The van der Waals surface area contributed by atoms with Crippen LogP contribution in [0.15, 0.2) is 48.1 Å². The number of nitrogens with one attached hydrogen (secondary N) is 1. The molecule has 7 heteroatoms. The van der Waals surface area contributed by atoms with Crippen molar-refractivity contribution in [3.8, 4) is 0 Å². The summed E-state index contributed by atoms with van der Waals surface area (Å²) >= 11 is 1.55. The van der Waals surface area contributed by atoms with Crippen LogP contribution in [0.2, 0.25) is 0 Å². The highest BCUT2D eigenvalue weighted by atomic mass is 32.1. The van der Waals surface area contributed by atoms with Gasteiger partial charge in [0.2, 0.25) is 0 Å². The third kappa shape index (κ3) is 3.75. The van der Waals surface area contributed by atoms with Gasteiger partial charge in [-0.2, -0.15) is 0 Å². The van der Waals surface area contributed by atoms with Gasteiger partial charge in [0, 0.05) is 17.3 Å². The molecular weight excluding hydrogens is 326 g/mol. The van der Waals surface area contributed by atoms with Crippen LogP contribution in [0.3, 0.4) is 0 Å². The Morgan fingerprint density at radius 2 is 2.00 bits per heavy atom. The van der Waals surface area contributed by atoms with Gasteiger partial charge >= 0.3 is 5.97 Å². The van der Waals surface area contributed by atoms with Crippen LogP contribution in [0, 0.1) is 0 Å². The van der Waals surface area contributed by atoms with Gasteiger partial charge in [-0.25, -0.2) is 4.79 Å². The van der Waals surface area contributed by atoms with Crippen LogP contribution in [0.1, 0.15) is 22.2 Å². The molecule has 3 aromatic rings. The number of nitrogens with zero attached hydrogens (tertiary/aromatic N) is 2. The third-order valence-electron chi connectivity index (χ3n) is 3.38.